The zero-order chi connectivity index (χ0) is 21.0. The van der Waals surface area contributed by atoms with Crippen molar-refractivity contribution in [3.63, 3.8) is 0 Å². The number of rotatable bonds is 8. The zero-order valence-corrected chi connectivity index (χ0v) is 18.3. The van der Waals surface area contributed by atoms with Gasteiger partial charge in [0.1, 0.15) is 5.75 Å². The fraction of sp³-hybridized carbons (Fsp3) is 0.565. The van der Waals surface area contributed by atoms with E-state index in [-0.39, 0.29) is 5.91 Å². The van der Waals surface area contributed by atoms with E-state index in [4.69, 9.17) is 9.73 Å². The molecule has 1 aromatic rings. The number of nitrogens with zero attached hydrogens (tertiary/aromatic N) is 3. The van der Waals surface area contributed by atoms with Gasteiger partial charge in [-0.05, 0) is 43.9 Å². The van der Waals surface area contributed by atoms with Crippen molar-refractivity contribution in [1.82, 2.24) is 15.1 Å². The number of ether oxygens (including phenoxy) is 1. The van der Waals surface area contributed by atoms with Crippen LogP contribution in [0.1, 0.15) is 33.3 Å². The first-order valence-electron chi connectivity index (χ1n) is 10.6. The maximum absolute atomic E-state index is 12.1. The lowest BCUT2D eigenvalue weighted by Crippen LogP contribution is -2.42. The highest BCUT2D eigenvalue weighted by Gasteiger charge is 2.42. The molecular formula is C23H34N4O2. The lowest BCUT2D eigenvalue weighted by molar-refractivity contribution is -0.117. The van der Waals surface area contributed by atoms with Crippen LogP contribution in [-0.4, -0.2) is 67.0 Å². The first kappa shape index (κ1) is 21.2. The van der Waals surface area contributed by atoms with Crippen LogP contribution < -0.4 is 10.1 Å². The van der Waals surface area contributed by atoms with Gasteiger partial charge >= 0.3 is 0 Å². The number of amides is 1. The summed E-state index contributed by atoms with van der Waals surface area (Å²) in [5.74, 6) is 2.54. The number of aliphatic imine (C=N–C) groups is 1. The summed E-state index contributed by atoms with van der Waals surface area (Å²) in [5, 5.41) is 3.03. The van der Waals surface area contributed by atoms with Gasteiger partial charge < -0.3 is 19.9 Å². The fourth-order valence-corrected chi connectivity index (χ4v) is 4.10. The summed E-state index contributed by atoms with van der Waals surface area (Å²) in [6, 6.07) is 9.13. The smallest absolute Gasteiger partial charge is 0.246 e. The van der Waals surface area contributed by atoms with Crippen molar-refractivity contribution in [3.8, 4) is 5.75 Å². The Kier molecular flexibility index (Phi) is 6.83. The molecule has 1 N–H and O–H groups in total. The highest BCUT2D eigenvalue weighted by Crippen LogP contribution is 2.29. The highest BCUT2D eigenvalue weighted by molar-refractivity contribution is 5.92. The van der Waals surface area contributed by atoms with Crippen LogP contribution in [0.3, 0.4) is 0 Å². The maximum Gasteiger partial charge on any atom is 0.246 e. The van der Waals surface area contributed by atoms with Crippen molar-refractivity contribution in [2.75, 3.05) is 33.3 Å². The molecule has 2 heterocycles. The van der Waals surface area contributed by atoms with Crippen molar-refractivity contribution < 1.29 is 9.53 Å². The Morgan fingerprint density at radius 3 is 2.69 bits per heavy atom. The molecule has 1 fully saturated rings. The van der Waals surface area contributed by atoms with E-state index in [1.807, 2.05) is 32.1 Å². The number of carbonyl (C=O) groups excluding carboxylic acids is 1. The van der Waals surface area contributed by atoms with Crippen molar-refractivity contribution in [3.05, 3.63) is 41.5 Å². The Hall–Kier alpha value is -2.50. The summed E-state index contributed by atoms with van der Waals surface area (Å²) in [4.78, 5) is 21.8. The van der Waals surface area contributed by atoms with E-state index in [1.54, 1.807) is 7.11 Å². The molecule has 29 heavy (non-hydrogen) atoms. The van der Waals surface area contributed by atoms with Crippen molar-refractivity contribution in [2.24, 2.45) is 10.9 Å². The largest absolute Gasteiger partial charge is 0.497 e. The number of carbonyl (C=O) groups is 1. The average Bonchev–Trinajstić information content (AvgIpc) is 3.27. The van der Waals surface area contributed by atoms with Gasteiger partial charge in [0.2, 0.25) is 5.91 Å². The minimum Gasteiger partial charge on any atom is -0.497 e. The maximum atomic E-state index is 12.1. The SMILES string of the molecule is CC=C(C)C(=O)NCCN1C2=NCC(C(C)C)N2CC1Cc1ccc(OC)cc1. The summed E-state index contributed by atoms with van der Waals surface area (Å²) in [6.07, 6.45) is 2.79. The molecule has 1 amide bonds. The molecule has 2 aliphatic rings. The van der Waals surface area contributed by atoms with Gasteiger partial charge in [-0.2, -0.15) is 0 Å². The summed E-state index contributed by atoms with van der Waals surface area (Å²) < 4.78 is 5.28. The quantitative estimate of drug-likeness (QED) is 0.684. The molecule has 0 bridgehead atoms. The molecule has 0 saturated carbocycles. The third-order valence-corrected chi connectivity index (χ3v) is 6.01. The first-order valence-corrected chi connectivity index (χ1v) is 10.6. The normalized spacial score (nSPS) is 21.4. The molecule has 0 spiro atoms. The van der Waals surface area contributed by atoms with Gasteiger partial charge in [0, 0.05) is 25.2 Å². The Labute approximate surface area is 174 Å². The number of guanidine groups is 1. The van der Waals surface area contributed by atoms with E-state index in [2.05, 4.69) is 41.1 Å². The van der Waals surface area contributed by atoms with Crippen molar-refractivity contribution in [1.29, 1.82) is 0 Å². The minimum atomic E-state index is 0.00340. The highest BCUT2D eigenvalue weighted by atomic mass is 16.5. The van der Waals surface area contributed by atoms with E-state index in [0.29, 0.717) is 24.5 Å². The van der Waals surface area contributed by atoms with Crippen LogP contribution in [0.15, 0.2) is 40.9 Å². The Bertz CT molecular complexity index is 770. The molecule has 2 unspecified atom stereocenters. The number of allylic oxidation sites excluding steroid dienone is 1. The molecule has 6 nitrogen and oxygen atoms in total. The Morgan fingerprint density at radius 2 is 2.07 bits per heavy atom. The van der Waals surface area contributed by atoms with Gasteiger partial charge in [0.25, 0.3) is 0 Å². The number of fused-ring (bicyclic) bond motifs is 1. The fourth-order valence-electron chi connectivity index (χ4n) is 4.10. The molecule has 0 aromatic heterocycles. The molecule has 158 valence electrons. The van der Waals surface area contributed by atoms with Gasteiger partial charge in [-0.1, -0.05) is 32.1 Å². The first-order chi connectivity index (χ1) is 13.9. The van der Waals surface area contributed by atoms with Crippen molar-refractivity contribution in [2.45, 2.75) is 46.2 Å². The summed E-state index contributed by atoms with van der Waals surface area (Å²) >= 11 is 0. The summed E-state index contributed by atoms with van der Waals surface area (Å²) in [7, 11) is 1.69. The molecule has 3 rings (SSSR count). The van der Waals surface area contributed by atoms with Crippen molar-refractivity contribution >= 4 is 11.9 Å². The van der Waals surface area contributed by atoms with Gasteiger partial charge in [-0.3, -0.25) is 9.79 Å². The van der Waals surface area contributed by atoms with Crippen LogP contribution in [0.4, 0.5) is 0 Å². The van der Waals surface area contributed by atoms with Crippen LogP contribution in [0.2, 0.25) is 0 Å². The van der Waals surface area contributed by atoms with E-state index in [1.165, 1.54) is 5.56 Å². The number of nitrogens with one attached hydrogen (secondary N) is 1. The monoisotopic (exact) mass is 398 g/mol. The zero-order valence-electron chi connectivity index (χ0n) is 18.3. The van der Waals surface area contributed by atoms with E-state index in [9.17, 15) is 4.79 Å². The number of hydrogen-bond donors (Lipinski definition) is 1. The Balaban J connectivity index is 1.70. The van der Waals surface area contributed by atoms with Crippen LogP contribution in [0.5, 0.6) is 5.75 Å². The molecule has 2 atom stereocenters. The average molecular weight is 399 g/mol. The second kappa shape index (κ2) is 9.33. The number of hydrogen-bond acceptors (Lipinski definition) is 5. The summed E-state index contributed by atoms with van der Waals surface area (Å²) in [6.45, 7) is 11.5. The number of benzene rings is 1. The van der Waals surface area contributed by atoms with E-state index >= 15 is 0 Å². The minimum absolute atomic E-state index is 0.00340. The van der Waals surface area contributed by atoms with Gasteiger partial charge in [-0.25, -0.2) is 0 Å². The molecule has 0 radical (unpaired) electrons. The predicted octanol–water partition coefficient (Wildman–Crippen LogP) is 2.70. The third kappa shape index (κ3) is 4.74. The van der Waals surface area contributed by atoms with Crippen LogP contribution in [0, 0.1) is 5.92 Å². The molecule has 2 aliphatic heterocycles. The molecular weight excluding hydrogens is 364 g/mol. The molecule has 0 aliphatic carbocycles. The molecule has 1 saturated heterocycles. The molecule has 6 heteroatoms. The summed E-state index contributed by atoms with van der Waals surface area (Å²) in [5.41, 5.74) is 2.04. The standard InChI is InChI=1S/C23H34N4O2/c1-6-17(4)22(28)24-11-12-26-19(13-18-7-9-20(29-5)10-8-18)15-27-21(16(2)3)14-25-23(26)27/h6-10,16,19,21H,11-15H2,1-5H3,(H,24,28). The van der Waals surface area contributed by atoms with Gasteiger partial charge in [0.05, 0.1) is 25.7 Å². The predicted molar refractivity (Wildman–Crippen MR) is 117 cm³/mol. The topological polar surface area (TPSA) is 57.2 Å². The third-order valence-electron chi connectivity index (χ3n) is 6.01. The van der Waals surface area contributed by atoms with Crippen LogP contribution in [-0.2, 0) is 11.2 Å². The van der Waals surface area contributed by atoms with Crippen LogP contribution in [0.25, 0.3) is 0 Å². The van der Waals surface area contributed by atoms with E-state index < -0.39 is 0 Å². The van der Waals surface area contributed by atoms with E-state index in [0.717, 1.165) is 43.3 Å². The number of methoxy groups -OCH3 is 1. The molecule has 1 aromatic carbocycles. The lowest BCUT2D eigenvalue weighted by atomic mass is 10.0. The second-order valence-corrected chi connectivity index (χ2v) is 8.23. The second-order valence-electron chi connectivity index (χ2n) is 8.23. The van der Waals surface area contributed by atoms with Crippen LogP contribution >= 0.6 is 0 Å². The lowest BCUT2D eigenvalue weighted by Gasteiger charge is -2.26. The van der Waals surface area contributed by atoms with Gasteiger partial charge in [0.15, 0.2) is 5.96 Å². The van der Waals surface area contributed by atoms with Gasteiger partial charge in [-0.15, -0.1) is 0 Å². The Morgan fingerprint density at radius 1 is 1.34 bits per heavy atom.